The molecule has 0 aromatic carbocycles. The van der Waals surface area contributed by atoms with Gasteiger partial charge in [-0.1, -0.05) is 18.0 Å². The van der Waals surface area contributed by atoms with Crippen molar-refractivity contribution >= 4 is 17.6 Å². The summed E-state index contributed by atoms with van der Waals surface area (Å²) in [5, 5.41) is 6.30. The summed E-state index contributed by atoms with van der Waals surface area (Å²) in [5.74, 6) is 0.899. The lowest BCUT2D eigenvalue weighted by molar-refractivity contribution is -0.132. The van der Waals surface area contributed by atoms with Gasteiger partial charge < -0.3 is 14.7 Å². The first-order chi connectivity index (χ1) is 9.65. The van der Waals surface area contributed by atoms with Gasteiger partial charge in [-0.25, -0.2) is 0 Å². The molecule has 1 aromatic heterocycles. The van der Waals surface area contributed by atoms with Crippen molar-refractivity contribution in [1.82, 2.24) is 10.1 Å². The summed E-state index contributed by atoms with van der Waals surface area (Å²) in [5.41, 5.74) is 0. The molecule has 20 heavy (non-hydrogen) atoms. The first-order valence-corrected chi connectivity index (χ1v) is 7.16. The molecular weight excluding hydrogens is 258 g/mol. The summed E-state index contributed by atoms with van der Waals surface area (Å²) in [7, 11) is 0. The predicted octanol–water partition coefficient (Wildman–Crippen LogP) is 2.10. The molecule has 6 nitrogen and oxygen atoms in total. The van der Waals surface area contributed by atoms with Gasteiger partial charge >= 0.3 is 0 Å². The van der Waals surface area contributed by atoms with Crippen molar-refractivity contribution in [2.45, 2.75) is 45.4 Å². The first kappa shape index (κ1) is 14.6. The minimum atomic E-state index is -0.207. The van der Waals surface area contributed by atoms with Gasteiger partial charge in [0.05, 0.1) is 0 Å². The maximum absolute atomic E-state index is 12.0. The third-order valence-electron chi connectivity index (χ3n) is 3.42. The van der Waals surface area contributed by atoms with Crippen molar-refractivity contribution in [1.29, 1.82) is 0 Å². The van der Waals surface area contributed by atoms with Gasteiger partial charge in [-0.3, -0.25) is 9.59 Å². The molecule has 1 aromatic rings. The van der Waals surface area contributed by atoms with Crippen LogP contribution in [0, 0.1) is 6.92 Å². The number of hydrogen-bond acceptors (Lipinski definition) is 4. The van der Waals surface area contributed by atoms with Crippen LogP contribution in [0.15, 0.2) is 10.6 Å². The van der Waals surface area contributed by atoms with E-state index in [0.29, 0.717) is 11.6 Å². The number of anilines is 1. The standard InChI is InChI=1S/C14H21N3O3/c1-11-10-12(16-20-11)15-13(18)6-7-14(19)17-8-4-2-3-5-9-17/h10H,2-9H2,1H3,(H,15,16,18). The van der Waals surface area contributed by atoms with Crippen molar-refractivity contribution in [3.05, 3.63) is 11.8 Å². The van der Waals surface area contributed by atoms with Gasteiger partial charge in [0.15, 0.2) is 5.82 Å². The van der Waals surface area contributed by atoms with Gasteiger partial charge in [-0.15, -0.1) is 0 Å². The van der Waals surface area contributed by atoms with Gasteiger partial charge in [0, 0.05) is 32.0 Å². The monoisotopic (exact) mass is 279 g/mol. The van der Waals surface area contributed by atoms with Crippen molar-refractivity contribution < 1.29 is 14.1 Å². The van der Waals surface area contributed by atoms with Crippen LogP contribution >= 0.6 is 0 Å². The molecule has 0 atom stereocenters. The van der Waals surface area contributed by atoms with Crippen LogP contribution in [-0.4, -0.2) is 35.0 Å². The Morgan fingerprint density at radius 1 is 1.25 bits per heavy atom. The molecular formula is C14H21N3O3. The lowest BCUT2D eigenvalue weighted by Gasteiger charge is -2.19. The van der Waals surface area contributed by atoms with Gasteiger partial charge in [-0.2, -0.15) is 0 Å². The third-order valence-corrected chi connectivity index (χ3v) is 3.42. The second kappa shape index (κ2) is 7.07. The van der Waals surface area contributed by atoms with Gasteiger partial charge in [0.1, 0.15) is 5.76 Å². The molecule has 1 N–H and O–H groups in total. The lowest BCUT2D eigenvalue weighted by atomic mass is 10.2. The van der Waals surface area contributed by atoms with Crippen LogP contribution < -0.4 is 5.32 Å². The number of likely N-dealkylation sites (tertiary alicyclic amines) is 1. The number of carbonyl (C=O) groups excluding carboxylic acids is 2. The fraction of sp³-hybridized carbons (Fsp3) is 0.643. The Hall–Kier alpha value is -1.85. The molecule has 1 aliphatic rings. The highest BCUT2D eigenvalue weighted by Gasteiger charge is 2.16. The van der Waals surface area contributed by atoms with E-state index in [1.807, 2.05) is 4.90 Å². The summed E-state index contributed by atoms with van der Waals surface area (Å²) >= 11 is 0. The van der Waals surface area contributed by atoms with Crippen LogP contribution in [0.4, 0.5) is 5.82 Å². The van der Waals surface area contributed by atoms with Gasteiger partial charge in [-0.05, 0) is 19.8 Å². The van der Waals surface area contributed by atoms with E-state index in [9.17, 15) is 9.59 Å². The third kappa shape index (κ3) is 4.36. The summed E-state index contributed by atoms with van der Waals surface area (Å²) < 4.78 is 4.86. The Kier molecular flexibility index (Phi) is 5.15. The Bertz CT molecular complexity index is 462. The highest BCUT2D eigenvalue weighted by molar-refractivity contribution is 5.92. The minimum absolute atomic E-state index is 0.0679. The van der Waals surface area contributed by atoms with E-state index in [2.05, 4.69) is 10.5 Å². The fourth-order valence-corrected chi connectivity index (χ4v) is 2.33. The minimum Gasteiger partial charge on any atom is -0.360 e. The maximum Gasteiger partial charge on any atom is 0.226 e. The van der Waals surface area contributed by atoms with Crippen LogP contribution in [0.5, 0.6) is 0 Å². The number of rotatable bonds is 4. The SMILES string of the molecule is Cc1cc(NC(=O)CCC(=O)N2CCCCCC2)no1. The summed E-state index contributed by atoms with van der Waals surface area (Å²) in [6, 6.07) is 1.65. The number of aryl methyl sites for hydroxylation is 1. The fourth-order valence-electron chi connectivity index (χ4n) is 2.33. The van der Waals surface area contributed by atoms with Crippen LogP contribution in [0.1, 0.15) is 44.3 Å². The Morgan fingerprint density at radius 2 is 1.95 bits per heavy atom. The summed E-state index contributed by atoms with van der Waals surface area (Å²) in [6.45, 7) is 3.40. The highest BCUT2D eigenvalue weighted by atomic mass is 16.5. The number of carbonyl (C=O) groups is 2. The molecule has 0 saturated carbocycles. The lowest BCUT2D eigenvalue weighted by Crippen LogP contribution is -2.32. The number of hydrogen-bond donors (Lipinski definition) is 1. The molecule has 0 unspecified atom stereocenters. The predicted molar refractivity (Wildman–Crippen MR) is 74.2 cm³/mol. The average molecular weight is 279 g/mol. The number of nitrogens with zero attached hydrogens (tertiary/aromatic N) is 2. The van der Waals surface area contributed by atoms with Crippen molar-refractivity contribution in [3.8, 4) is 0 Å². The van der Waals surface area contributed by atoms with E-state index in [1.165, 1.54) is 12.8 Å². The number of nitrogens with one attached hydrogen (secondary N) is 1. The Morgan fingerprint density at radius 3 is 2.55 bits per heavy atom. The molecule has 0 radical (unpaired) electrons. The van der Waals surface area contributed by atoms with Crippen LogP contribution in [0.25, 0.3) is 0 Å². The largest absolute Gasteiger partial charge is 0.360 e. The molecule has 1 aliphatic heterocycles. The smallest absolute Gasteiger partial charge is 0.226 e. The topological polar surface area (TPSA) is 75.4 Å². The molecule has 2 heterocycles. The molecule has 6 heteroatoms. The first-order valence-electron chi connectivity index (χ1n) is 7.16. The Labute approximate surface area is 118 Å². The zero-order valence-corrected chi connectivity index (χ0v) is 11.9. The van der Waals surface area contributed by atoms with E-state index in [-0.39, 0.29) is 24.7 Å². The van der Waals surface area contributed by atoms with Crippen LogP contribution in [0.3, 0.4) is 0 Å². The molecule has 2 amide bonds. The van der Waals surface area contributed by atoms with Gasteiger partial charge in [0.2, 0.25) is 11.8 Å². The zero-order valence-electron chi connectivity index (χ0n) is 11.9. The quantitative estimate of drug-likeness (QED) is 0.915. The zero-order chi connectivity index (χ0) is 14.4. The molecule has 1 fully saturated rings. The van der Waals surface area contributed by atoms with E-state index in [4.69, 9.17) is 4.52 Å². The van der Waals surface area contributed by atoms with E-state index < -0.39 is 0 Å². The number of aromatic nitrogens is 1. The van der Waals surface area contributed by atoms with Gasteiger partial charge in [0.25, 0.3) is 0 Å². The van der Waals surface area contributed by atoms with Crippen molar-refractivity contribution in [3.63, 3.8) is 0 Å². The van der Waals surface area contributed by atoms with E-state index in [0.717, 1.165) is 25.9 Å². The molecule has 2 rings (SSSR count). The molecule has 0 bridgehead atoms. The molecule has 0 spiro atoms. The maximum atomic E-state index is 12.0. The second-order valence-electron chi connectivity index (χ2n) is 5.17. The van der Waals surface area contributed by atoms with Crippen molar-refractivity contribution in [2.24, 2.45) is 0 Å². The molecule has 110 valence electrons. The summed E-state index contributed by atoms with van der Waals surface area (Å²) in [6.07, 6.45) is 4.95. The molecule has 0 aliphatic carbocycles. The van der Waals surface area contributed by atoms with Crippen LogP contribution in [0.2, 0.25) is 0 Å². The van der Waals surface area contributed by atoms with E-state index in [1.54, 1.807) is 13.0 Å². The van der Waals surface area contributed by atoms with Crippen LogP contribution in [-0.2, 0) is 9.59 Å². The number of amides is 2. The summed E-state index contributed by atoms with van der Waals surface area (Å²) in [4.78, 5) is 25.6. The second-order valence-corrected chi connectivity index (χ2v) is 5.17. The highest BCUT2D eigenvalue weighted by Crippen LogP contribution is 2.12. The normalized spacial score (nSPS) is 15.8. The molecule has 1 saturated heterocycles. The Balaban J connectivity index is 1.73. The van der Waals surface area contributed by atoms with Crippen molar-refractivity contribution in [2.75, 3.05) is 18.4 Å². The average Bonchev–Trinajstić information content (AvgIpc) is 2.69. The van der Waals surface area contributed by atoms with E-state index >= 15 is 0 Å².